The van der Waals surface area contributed by atoms with E-state index >= 15 is 0 Å². The third-order valence-corrected chi connectivity index (χ3v) is 3.76. The first-order valence-corrected chi connectivity index (χ1v) is 8.19. The molecule has 1 heterocycles. The number of likely N-dealkylation sites (N-methyl/N-ethyl adjacent to an activating group) is 1. The van der Waals surface area contributed by atoms with Crippen molar-refractivity contribution in [2.45, 2.75) is 33.7 Å². The lowest BCUT2D eigenvalue weighted by Gasteiger charge is -2.17. The summed E-state index contributed by atoms with van der Waals surface area (Å²) in [5, 5.41) is 14.5. The summed E-state index contributed by atoms with van der Waals surface area (Å²) < 4.78 is 1.05. The summed E-state index contributed by atoms with van der Waals surface area (Å²) in [5.74, 6) is -0.394. The molecule has 0 atom stereocenters. The van der Waals surface area contributed by atoms with E-state index in [1.54, 1.807) is 0 Å². The standard InChI is InChI=1S/C16H27N5O3/c1-5-10-21-15(23)13(14(22)18-16(21)24)12(6-2)19-17-9-11-20(7-3)8-4/h5,17,23H,1,6-11H2,2-4H3,(H,18,22,24). The summed E-state index contributed by atoms with van der Waals surface area (Å²) in [4.78, 5) is 28.3. The molecule has 0 spiro atoms. The normalized spacial score (nSPS) is 11.8. The maximum atomic E-state index is 12.1. The molecule has 0 bridgehead atoms. The maximum Gasteiger partial charge on any atom is 0.331 e. The molecule has 0 saturated carbocycles. The van der Waals surface area contributed by atoms with Gasteiger partial charge in [-0.3, -0.25) is 14.3 Å². The SMILES string of the molecule is C=CCn1c(O)c(C(CC)=NNCCN(CC)CC)c(=O)[nH]c1=O. The molecule has 0 radical (unpaired) electrons. The third-order valence-electron chi connectivity index (χ3n) is 3.76. The van der Waals surface area contributed by atoms with Gasteiger partial charge in [0.1, 0.15) is 5.56 Å². The number of nitrogens with zero attached hydrogens (tertiary/aromatic N) is 3. The van der Waals surface area contributed by atoms with E-state index in [1.165, 1.54) is 6.08 Å². The first kappa shape index (κ1) is 19.7. The Kier molecular flexibility index (Phi) is 7.97. The van der Waals surface area contributed by atoms with Crippen LogP contribution in [0.1, 0.15) is 32.8 Å². The largest absolute Gasteiger partial charge is 0.494 e. The van der Waals surface area contributed by atoms with Gasteiger partial charge in [0.15, 0.2) is 0 Å². The number of aromatic hydroxyl groups is 1. The van der Waals surface area contributed by atoms with E-state index in [9.17, 15) is 14.7 Å². The highest BCUT2D eigenvalue weighted by molar-refractivity contribution is 6.01. The Labute approximate surface area is 141 Å². The zero-order chi connectivity index (χ0) is 18.1. The number of hydrogen-bond donors (Lipinski definition) is 3. The summed E-state index contributed by atoms with van der Waals surface area (Å²) in [6.45, 7) is 13.0. The predicted octanol–water partition coefficient (Wildman–Crippen LogP) is 0.474. The molecule has 0 amide bonds. The average molecular weight is 337 g/mol. The molecule has 134 valence electrons. The lowest BCUT2D eigenvalue weighted by atomic mass is 10.1. The molecular weight excluding hydrogens is 310 g/mol. The highest BCUT2D eigenvalue weighted by Crippen LogP contribution is 2.12. The van der Waals surface area contributed by atoms with Crippen LogP contribution in [0.4, 0.5) is 0 Å². The predicted molar refractivity (Wildman–Crippen MR) is 95.8 cm³/mol. The minimum Gasteiger partial charge on any atom is -0.494 e. The second kappa shape index (κ2) is 9.71. The summed E-state index contributed by atoms with van der Waals surface area (Å²) in [7, 11) is 0. The van der Waals surface area contributed by atoms with Crippen molar-refractivity contribution < 1.29 is 5.11 Å². The van der Waals surface area contributed by atoms with Crippen LogP contribution in [-0.2, 0) is 6.54 Å². The fourth-order valence-electron chi connectivity index (χ4n) is 2.33. The highest BCUT2D eigenvalue weighted by atomic mass is 16.3. The van der Waals surface area contributed by atoms with Gasteiger partial charge in [0.25, 0.3) is 5.56 Å². The fraction of sp³-hybridized carbons (Fsp3) is 0.562. The van der Waals surface area contributed by atoms with Gasteiger partial charge < -0.3 is 15.4 Å². The van der Waals surface area contributed by atoms with Gasteiger partial charge in [-0.2, -0.15) is 5.10 Å². The van der Waals surface area contributed by atoms with Gasteiger partial charge in [0.05, 0.1) is 5.71 Å². The van der Waals surface area contributed by atoms with E-state index in [0.717, 1.165) is 24.2 Å². The van der Waals surface area contributed by atoms with Crippen LogP contribution >= 0.6 is 0 Å². The third kappa shape index (κ3) is 4.82. The Hall–Kier alpha value is -2.35. The number of aromatic amines is 1. The smallest absolute Gasteiger partial charge is 0.331 e. The van der Waals surface area contributed by atoms with Gasteiger partial charge in [0.2, 0.25) is 5.88 Å². The van der Waals surface area contributed by atoms with Crippen LogP contribution in [0.2, 0.25) is 0 Å². The molecule has 1 aromatic heterocycles. The van der Waals surface area contributed by atoms with Crippen LogP contribution in [0.3, 0.4) is 0 Å². The number of hydrogen-bond acceptors (Lipinski definition) is 6. The number of nitrogens with one attached hydrogen (secondary N) is 2. The van der Waals surface area contributed by atoms with Crippen molar-refractivity contribution in [2.24, 2.45) is 5.10 Å². The zero-order valence-electron chi connectivity index (χ0n) is 14.6. The van der Waals surface area contributed by atoms with Crippen LogP contribution in [-0.4, -0.2) is 51.4 Å². The van der Waals surface area contributed by atoms with Gasteiger partial charge in [0, 0.05) is 19.6 Å². The van der Waals surface area contributed by atoms with E-state index < -0.39 is 17.1 Å². The van der Waals surface area contributed by atoms with Crippen LogP contribution in [0.5, 0.6) is 5.88 Å². The van der Waals surface area contributed by atoms with E-state index in [4.69, 9.17) is 0 Å². The van der Waals surface area contributed by atoms with E-state index in [1.807, 2.05) is 6.92 Å². The summed E-state index contributed by atoms with van der Waals surface area (Å²) in [6.07, 6.45) is 1.90. The number of hydrazone groups is 1. The molecule has 0 aliphatic carbocycles. The van der Waals surface area contributed by atoms with E-state index in [-0.39, 0.29) is 12.1 Å². The van der Waals surface area contributed by atoms with Crippen molar-refractivity contribution in [3.63, 3.8) is 0 Å². The fourth-order valence-corrected chi connectivity index (χ4v) is 2.33. The van der Waals surface area contributed by atoms with Crippen molar-refractivity contribution in [2.75, 3.05) is 26.2 Å². The minimum absolute atomic E-state index is 0.00860. The van der Waals surface area contributed by atoms with E-state index in [2.05, 4.69) is 40.8 Å². The minimum atomic E-state index is -0.675. The Balaban J connectivity index is 3.05. The highest BCUT2D eigenvalue weighted by Gasteiger charge is 2.17. The number of allylic oxidation sites excluding steroid dienone is 1. The Morgan fingerprint density at radius 3 is 2.58 bits per heavy atom. The van der Waals surface area contributed by atoms with Crippen LogP contribution < -0.4 is 16.7 Å². The first-order chi connectivity index (χ1) is 11.5. The summed E-state index contributed by atoms with van der Waals surface area (Å²) >= 11 is 0. The molecule has 0 unspecified atom stereocenters. The van der Waals surface area contributed by atoms with Gasteiger partial charge in [-0.05, 0) is 19.5 Å². The van der Waals surface area contributed by atoms with Crippen molar-refractivity contribution in [3.05, 3.63) is 39.1 Å². The van der Waals surface area contributed by atoms with Crippen molar-refractivity contribution in [1.82, 2.24) is 19.9 Å². The molecule has 0 fully saturated rings. The Bertz CT molecular complexity index is 686. The molecule has 0 saturated heterocycles. The molecular formula is C16H27N5O3. The van der Waals surface area contributed by atoms with Crippen LogP contribution in [0, 0.1) is 0 Å². The lowest BCUT2D eigenvalue weighted by molar-refractivity contribution is 0.303. The molecule has 8 heteroatoms. The monoisotopic (exact) mass is 337 g/mol. The molecule has 0 aliphatic rings. The molecule has 1 aromatic rings. The van der Waals surface area contributed by atoms with Crippen molar-refractivity contribution in [1.29, 1.82) is 0 Å². The second-order valence-electron chi connectivity index (χ2n) is 5.20. The Morgan fingerprint density at radius 2 is 2.04 bits per heavy atom. The van der Waals surface area contributed by atoms with Crippen LogP contribution in [0.25, 0.3) is 0 Å². The van der Waals surface area contributed by atoms with Gasteiger partial charge in [-0.15, -0.1) is 6.58 Å². The Morgan fingerprint density at radius 1 is 1.38 bits per heavy atom. The molecule has 3 N–H and O–H groups in total. The first-order valence-electron chi connectivity index (χ1n) is 8.19. The van der Waals surface area contributed by atoms with Crippen molar-refractivity contribution in [3.8, 4) is 5.88 Å². The number of aromatic nitrogens is 2. The van der Waals surface area contributed by atoms with E-state index in [0.29, 0.717) is 18.7 Å². The summed E-state index contributed by atoms with van der Waals surface area (Å²) in [5.41, 5.74) is 2.01. The van der Waals surface area contributed by atoms with Gasteiger partial charge in [-0.25, -0.2) is 4.79 Å². The lowest BCUT2D eigenvalue weighted by Crippen LogP contribution is -2.34. The number of H-pyrrole nitrogens is 1. The molecule has 8 nitrogen and oxygen atoms in total. The molecule has 0 aliphatic heterocycles. The average Bonchev–Trinajstić information content (AvgIpc) is 2.56. The molecule has 0 aromatic carbocycles. The summed E-state index contributed by atoms with van der Waals surface area (Å²) in [6, 6.07) is 0. The molecule has 1 rings (SSSR count). The zero-order valence-corrected chi connectivity index (χ0v) is 14.6. The topological polar surface area (TPSA) is 103 Å². The van der Waals surface area contributed by atoms with Crippen molar-refractivity contribution >= 4 is 5.71 Å². The van der Waals surface area contributed by atoms with Gasteiger partial charge >= 0.3 is 5.69 Å². The maximum absolute atomic E-state index is 12.1. The molecule has 24 heavy (non-hydrogen) atoms. The van der Waals surface area contributed by atoms with Crippen LogP contribution in [0.15, 0.2) is 27.3 Å². The second-order valence-corrected chi connectivity index (χ2v) is 5.20. The quantitative estimate of drug-likeness (QED) is 0.249. The number of rotatable bonds is 10. The van der Waals surface area contributed by atoms with Gasteiger partial charge in [-0.1, -0.05) is 26.8 Å².